The topological polar surface area (TPSA) is 84.3 Å². The molecule has 1 fully saturated rings. The molecule has 0 radical (unpaired) electrons. The lowest BCUT2D eigenvalue weighted by Gasteiger charge is -1.92. The van der Waals surface area contributed by atoms with E-state index >= 15 is 0 Å². The number of hydrogen-bond donors (Lipinski definition) is 1. The predicted molar refractivity (Wildman–Crippen MR) is 43.4 cm³/mol. The lowest BCUT2D eigenvalue weighted by molar-refractivity contribution is -0.390. The number of rotatable bonds is 3. The number of imidazole rings is 1. The number of ether oxygens (including phenoxy) is 1. The van der Waals surface area contributed by atoms with Gasteiger partial charge in [-0.1, -0.05) is 0 Å². The van der Waals surface area contributed by atoms with Gasteiger partial charge in [0.15, 0.2) is 5.82 Å². The minimum absolute atomic E-state index is 0.00648. The molecule has 6 heteroatoms. The van der Waals surface area contributed by atoms with E-state index in [1.165, 1.54) is 0 Å². The molecule has 0 unspecified atom stereocenters. The highest BCUT2D eigenvalue weighted by Gasteiger charge is 2.28. The van der Waals surface area contributed by atoms with Gasteiger partial charge in [0.05, 0.1) is 12.7 Å². The lowest BCUT2D eigenvalue weighted by Crippen LogP contribution is -1.98. The SMILES string of the molecule is Cc1nc(C[C@H]2CO2)c([N+](=O)[O-])[nH]1. The van der Waals surface area contributed by atoms with Gasteiger partial charge in [-0.2, -0.15) is 0 Å². The summed E-state index contributed by atoms with van der Waals surface area (Å²) in [7, 11) is 0. The second-order valence-corrected chi connectivity index (χ2v) is 3.03. The number of nitro groups is 1. The van der Waals surface area contributed by atoms with E-state index in [9.17, 15) is 10.1 Å². The molecular weight excluding hydrogens is 174 g/mol. The quantitative estimate of drug-likeness (QED) is 0.421. The van der Waals surface area contributed by atoms with Crippen LogP contribution in [0.2, 0.25) is 0 Å². The van der Waals surface area contributed by atoms with Gasteiger partial charge < -0.3 is 14.9 Å². The average Bonchev–Trinajstić information content (AvgIpc) is 2.75. The van der Waals surface area contributed by atoms with Gasteiger partial charge in [0.1, 0.15) is 5.69 Å². The largest absolute Gasteiger partial charge is 0.373 e. The molecule has 2 heterocycles. The molecule has 1 aliphatic rings. The zero-order chi connectivity index (χ0) is 9.42. The van der Waals surface area contributed by atoms with E-state index in [1.807, 2.05) is 0 Å². The summed E-state index contributed by atoms with van der Waals surface area (Å²) in [4.78, 5) is 16.7. The van der Waals surface area contributed by atoms with E-state index < -0.39 is 4.92 Å². The van der Waals surface area contributed by atoms with Crippen LogP contribution in [-0.2, 0) is 11.2 Å². The van der Waals surface area contributed by atoms with Gasteiger partial charge in [-0.15, -0.1) is 0 Å². The van der Waals surface area contributed by atoms with Crippen LogP contribution in [0.3, 0.4) is 0 Å². The standard InChI is InChI=1S/C7H9N3O3/c1-4-8-6(2-5-3-13-5)7(9-4)10(11)12/h5H,2-3H2,1H3,(H,8,9)/t5-/m0/s1. The van der Waals surface area contributed by atoms with Crippen LogP contribution in [0.25, 0.3) is 0 Å². The third-order valence-electron chi connectivity index (χ3n) is 1.88. The van der Waals surface area contributed by atoms with Crippen LogP contribution >= 0.6 is 0 Å². The number of H-pyrrole nitrogens is 1. The minimum atomic E-state index is -0.447. The highest BCUT2D eigenvalue weighted by molar-refractivity contribution is 5.28. The Morgan fingerprint density at radius 2 is 2.54 bits per heavy atom. The molecule has 0 spiro atoms. The van der Waals surface area contributed by atoms with Crippen molar-refractivity contribution in [1.82, 2.24) is 9.97 Å². The Labute approximate surface area is 74.1 Å². The van der Waals surface area contributed by atoms with Crippen molar-refractivity contribution in [2.75, 3.05) is 6.61 Å². The molecule has 0 amide bonds. The van der Waals surface area contributed by atoms with Crippen molar-refractivity contribution >= 4 is 5.82 Å². The molecule has 1 aliphatic heterocycles. The fourth-order valence-corrected chi connectivity index (χ4v) is 1.22. The van der Waals surface area contributed by atoms with Crippen molar-refractivity contribution < 1.29 is 9.66 Å². The summed E-state index contributed by atoms with van der Waals surface area (Å²) in [5.41, 5.74) is 0.491. The summed E-state index contributed by atoms with van der Waals surface area (Å²) >= 11 is 0. The Hall–Kier alpha value is -1.43. The number of hydrogen-bond acceptors (Lipinski definition) is 4. The van der Waals surface area contributed by atoms with Crippen LogP contribution in [0.5, 0.6) is 0 Å². The first-order valence-corrected chi connectivity index (χ1v) is 3.98. The third-order valence-corrected chi connectivity index (χ3v) is 1.88. The first kappa shape index (κ1) is 8.18. The summed E-state index contributed by atoms with van der Waals surface area (Å²) in [5.74, 6) is 0.565. The van der Waals surface area contributed by atoms with Crippen molar-refractivity contribution in [2.24, 2.45) is 0 Å². The number of nitrogens with one attached hydrogen (secondary N) is 1. The highest BCUT2D eigenvalue weighted by atomic mass is 16.6. The normalized spacial score (nSPS) is 20.2. The molecule has 1 atom stereocenters. The van der Waals surface area contributed by atoms with Crippen LogP contribution in [-0.4, -0.2) is 27.6 Å². The molecule has 1 saturated heterocycles. The van der Waals surface area contributed by atoms with Crippen molar-refractivity contribution in [3.05, 3.63) is 21.6 Å². The first-order valence-electron chi connectivity index (χ1n) is 3.98. The maximum Gasteiger partial charge on any atom is 0.343 e. The molecule has 1 N–H and O–H groups in total. The molecule has 70 valence electrons. The van der Waals surface area contributed by atoms with Gasteiger partial charge in [0.2, 0.25) is 0 Å². The van der Waals surface area contributed by atoms with Gasteiger partial charge in [-0.05, 0) is 4.92 Å². The Balaban J connectivity index is 2.24. The van der Waals surface area contributed by atoms with E-state index in [1.54, 1.807) is 6.92 Å². The van der Waals surface area contributed by atoms with Gasteiger partial charge in [0.25, 0.3) is 0 Å². The summed E-state index contributed by atoms with van der Waals surface area (Å²) in [6.07, 6.45) is 0.655. The third kappa shape index (κ3) is 1.67. The second-order valence-electron chi connectivity index (χ2n) is 3.03. The van der Waals surface area contributed by atoms with Crippen LogP contribution in [0.1, 0.15) is 11.5 Å². The van der Waals surface area contributed by atoms with E-state index in [0.717, 1.165) is 0 Å². The van der Waals surface area contributed by atoms with Crippen molar-refractivity contribution in [3.8, 4) is 0 Å². The predicted octanol–water partition coefficient (Wildman–Crippen LogP) is 0.568. The average molecular weight is 183 g/mol. The van der Waals surface area contributed by atoms with Gasteiger partial charge in [-0.25, -0.2) is 9.97 Å². The number of nitrogens with zero attached hydrogens (tertiary/aromatic N) is 2. The lowest BCUT2D eigenvalue weighted by atomic mass is 10.2. The van der Waals surface area contributed by atoms with Crippen LogP contribution in [0.4, 0.5) is 5.82 Å². The van der Waals surface area contributed by atoms with E-state index in [4.69, 9.17) is 4.74 Å². The molecule has 1 aromatic heterocycles. The van der Waals surface area contributed by atoms with E-state index in [2.05, 4.69) is 9.97 Å². The summed E-state index contributed by atoms with van der Waals surface area (Å²) < 4.78 is 4.98. The van der Waals surface area contributed by atoms with Crippen molar-refractivity contribution in [3.63, 3.8) is 0 Å². The zero-order valence-corrected chi connectivity index (χ0v) is 7.11. The summed E-state index contributed by atoms with van der Waals surface area (Å²) in [6, 6.07) is 0. The van der Waals surface area contributed by atoms with Gasteiger partial charge in [-0.3, -0.25) is 0 Å². The second kappa shape index (κ2) is 2.81. The van der Waals surface area contributed by atoms with Crippen molar-refractivity contribution in [2.45, 2.75) is 19.4 Å². The van der Waals surface area contributed by atoms with Crippen LogP contribution < -0.4 is 0 Å². The van der Waals surface area contributed by atoms with Crippen molar-refractivity contribution in [1.29, 1.82) is 0 Å². The van der Waals surface area contributed by atoms with E-state index in [0.29, 0.717) is 24.5 Å². The first-order chi connectivity index (χ1) is 6.16. The zero-order valence-electron chi connectivity index (χ0n) is 7.11. The Morgan fingerprint density at radius 1 is 1.85 bits per heavy atom. The smallest absolute Gasteiger partial charge is 0.343 e. The molecule has 2 rings (SSSR count). The molecule has 6 nitrogen and oxygen atoms in total. The Morgan fingerprint density at radius 3 is 3.08 bits per heavy atom. The number of aryl methyl sites for hydroxylation is 1. The number of aromatic nitrogens is 2. The fourth-order valence-electron chi connectivity index (χ4n) is 1.22. The maximum absolute atomic E-state index is 10.5. The van der Waals surface area contributed by atoms with Gasteiger partial charge >= 0.3 is 5.82 Å². The molecule has 13 heavy (non-hydrogen) atoms. The van der Waals surface area contributed by atoms with Crippen LogP contribution in [0, 0.1) is 17.0 Å². The summed E-state index contributed by atoms with van der Waals surface area (Å²) in [5, 5.41) is 10.5. The van der Waals surface area contributed by atoms with E-state index in [-0.39, 0.29) is 11.9 Å². The van der Waals surface area contributed by atoms with Crippen LogP contribution in [0.15, 0.2) is 0 Å². The Bertz CT molecular complexity index is 343. The number of aromatic amines is 1. The molecule has 0 bridgehead atoms. The fraction of sp³-hybridized carbons (Fsp3) is 0.571. The minimum Gasteiger partial charge on any atom is -0.373 e. The molecule has 0 saturated carbocycles. The highest BCUT2D eigenvalue weighted by Crippen LogP contribution is 2.21. The molecular formula is C7H9N3O3. The number of epoxide rings is 1. The monoisotopic (exact) mass is 183 g/mol. The summed E-state index contributed by atoms with van der Waals surface area (Å²) in [6.45, 7) is 2.38. The maximum atomic E-state index is 10.5. The molecule has 0 aliphatic carbocycles. The van der Waals surface area contributed by atoms with Gasteiger partial charge in [0, 0.05) is 13.3 Å². The molecule has 0 aromatic carbocycles. The molecule has 1 aromatic rings. The Kier molecular flexibility index (Phi) is 1.77.